The lowest BCUT2D eigenvalue weighted by Gasteiger charge is -2.33. The lowest BCUT2D eigenvalue weighted by molar-refractivity contribution is 0.177. The lowest BCUT2D eigenvalue weighted by Crippen LogP contribution is -2.45. The van der Waals surface area contributed by atoms with E-state index >= 15 is 0 Å². The number of piperidine rings is 1. The number of thioether (sulfide) groups is 1. The van der Waals surface area contributed by atoms with E-state index in [9.17, 15) is 0 Å². The highest BCUT2D eigenvalue weighted by Crippen LogP contribution is 2.17. The Hall–Kier alpha value is -0.510. The molecule has 20 heavy (non-hydrogen) atoms. The van der Waals surface area contributed by atoms with Crippen molar-refractivity contribution in [3.8, 4) is 0 Å². The maximum absolute atomic E-state index is 3.66. The first-order valence-corrected chi connectivity index (χ1v) is 9.02. The molecule has 1 aliphatic heterocycles. The predicted octanol–water partition coefficient (Wildman–Crippen LogP) is 3.76. The van der Waals surface area contributed by atoms with E-state index in [4.69, 9.17) is 0 Å². The van der Waals surface area contributed by atoms with Crippen LogP contribution in [-0.4, -0.2) is 36.3 Å². The second-order valence-corrected chi connectivity index (χ2v) is 6.90. The topological polar surface area (TPSA) is 15.3 Å². The zero-order chi connectivity index (χ0) is 14.4. The van der Waals surface area contributed by atoms with Crippen LogP contribution in [0.15, 0.2) is 29.2 Å². The Labute approximate surface area is 128 Å². The van der Waals surface area contributed by atoms with Crippen LogP contribution in [0.4, 0.5) is 0 Å². The summed E-state index contributed by atoms with van der Waals surface area (Å²) in [6, 6.07) is 10.3. The molecule has 0 aromatic heterocycles. The first kappa shape index (κ1) is 15.9. The Morgan fingerprint density at radius 1 is 1.25 bits per heavy atom. The largest absolute Gasteiger partial charge is 0.313 e. The van der Waals surface area contributed by atoms with E-state index in [0.717, 1.165) is 6.54 Å². The summed E-state index contributed by atoms with van der Waals surface area (Å²) in [6.07, 6.45) is 6.18. The van der Waals surface area contributed by atoms with Gasteiger partial charge in [-0.15, -0.1) is 11.8 Å². The first-order valence-electron chi connectivity index (χ1n) is 7.79. The maximum atomic E-state index is 3.66. The Morgan fingerprint density at radius 2 is 2.00 bits per heavy atom. The normalized spacial score (nSPS) is 19.8. The molecule has 0 spiro atoms. The summed E-state index contributed by atoms with van der Waals surface area (Å²) in [5, 5.41) is 3.66. The summed E-state index contributed by atoms with van der Waals surface area (Å²) in [6.45, 7) is 8.03. The fourth-order valence-corrected chi connectivity index (χ4v) is 3.19. The van der Waals surface area contributed by atoms with E-state index in [0.29, 0.717) is 12.1 Å². The third kappa shape index (κ3) is 4.80. The van der Waals surface area contributed by atoms with Crippen molar-refractivity contribution in [1.82, 2.24) is 10.2 Å². The molecule has 1 aromatic carbocycles. The second-order valence-electron chi connectivity index (χ2n) is 6.02. The quantitative estimate of drug-likeness (QED) is 0.804. The molecule has 0 amide bonds. The van der Waals surface area contributed by atoms with Crippen molar-refractivity contribution in [2.75, 3.05) is 19.3 Å². The van der Waals surface area contributed by atoms with Crippen LogP contribution >= 0.6 is 11.8 Å². The Morgan fingerprint density at radius 3 is 2.55 bits per heavy atom. The number of benzene rings is 1. The standard InChI is InChI=1S/C17H28N2S/c1-14(2)19(13-16-6-4-5-11-18-16)12-15-7-9-17(20-3)10-8-15/h7-10,14,16,18H,4-6,11-13H2,1-3H3. The summed E-state index contributed by atoms with van der Waals surface area (Å²) in [5.41, 5.74) is 1.42. The minimum atomic E-state index is 0.596. The van der Waals surface area contributed by atoms with E-state index in [1.54, 1.807) is 0 Å². The van der Waals surface area contributed by atoms with Crippen LogP contribution in [0.25, 0.3) is 0 Å². The van der Waals surface area contributed by atoms with Gasteiger partial charge in [-0.05, 0) is 57.2 Å². The molecule has 1 unspecified atom stereocenters. The van der Waals surface area contributed by atoms with E-state index in [1.165, 1.54) is 42.8 Å². The third-order valence-electron chi connectivity index (χ3n) is 4.14. The van der Waals surface area contributed by atoms with Gasteiger partial charge < -0.3 is 5.32 Å². The van der Waals surface area contributed by atoms with Gasteiger partial charge in [-0.25, -0.2) is 0 Å². The zero-order valence-corrected chi connectivity index (χ0v) is 13.9. The van der Waals surface area contributed by atoms with Crippen LogP contribution < -0.4 is 5.32 Å². The Bertz CT molecular complexity index is 382. The van der Waals surface area contributed by atoms with Crippen molar-refractivity contribution in [1.29, 1.82) is 0 Å². The molecule has 0 saturated carbocycles. The molecular weight excluding hydrogens is 264 g/mol. The second kappa shape index (κ2) is 8.06. The minimum Gasteiger partial charge on any atom is -0.313 e. The average molecular weight is 292 g/mol. The molecule has 1 aliphatic rings. The van der Waals surface area contributed by atoms with E-state index < -0.39 is 0 Å². The Kier molecular flexibility index (Phi) is 6.40. The van der Waals surface area contributed by atoms with Gasteiger partial charge in [-0.1, -0.05) is 18.6 Å². The van der Waals surface area contributed by atoms with Crippen molar-refractivity contribution in [2.45, 2.75) is 56.6 Å². The number of rotatable bonds is 6. The average Bonchev–Trinajstić information content (AvgIpc) is 2.48. The van der Waals surface area contributed by atoms with Gasteiger partial charge in [0.1, 0.15) is 0 Å². The van der Waals surface area contributed by atoms with E-state index in [-0.39, 0.29) is 0 Å². The van der Waals surface area contributed by atoms with Gasteiger partial charge >= 0.3 is 0 Å². The fraction of sp³-hybridized carbons (Fsp3) is 0.647. The van der Waals surface area contributed by atoms with Crippen molar-refractivity contribution < 1.29 is 0 Å². The summed E-state index contributed by atoms with van der Waals surface area (Å²) in [5.74, 6) is 0. The van der Waals surface area contributed by atoms with Gasteiger partial charge in [0.05, 0.1) is 0 Å². The number of nitrogens with zero attached hydrogens (tertiary/aromatic N) is 1. The van der Waals surface area contributed by atoms with Gasteiger partial charge in [-0.3, -0.25) is 4.90 Å². The van der Waals surface area contributed by atoms with Crippen molar-refractivity contribution in [3.05, 3.63) is 29.8 Å². The predicted molar refractivity (Wildman–Crippen MR) is 89.4 cm³/mol. The summed E-state index contributed by atoms with van der Waals surface area (Å²) < 4.78 is 0. The molecule has 0 bridgehead atoms. The summed E-state index contributed by atoms with van der Waals surface area (Å²) >= 11 is 1.81. The highest BCUT2D eigenvalue weighted by Gasteiger charge is 2.18. The maximum Gasteiger partial charge on any atom is 0.0237 e. The van der Waals surface area contributed by atoms with E-state index in [2.05, 4.69) is 54.6 Å². The van der Waals surface area contributed by atoms with Gasteiger partial charge in [0.25, 0.3) is 0 Å². The first-order chi connectivity index (χ1) is 9.69. The van der Waals surface area contributed by atoms with Crippen LogP contribution in [0.3, 0.4) is 0 Å². The van der Waals surface area contributed by atoms with Crippen LogP contribution in [0.2, 0.25) is 0 Å². The van der Waals surface area contributed by atoms with Crippen LogP contribution in [0.5, 0.6) is 0 Å². The smallest absolute Gasteiger partial charge is 0.0237 e. The molecular formula is C17H28N2S. The van der Waals surface area contributed by atoms with Crippen molar-refractivity contribution in [2.24, 2.45) is 0 Å². The molecule has 0 radical (unpaired) electrons. The zero-order valence-electron chi connectivity index (χ0n) is 13.1. The van der Waals surface area contributed by atoms with E-state index in [1.807, 2.05) is 11.8 Å². The molecule has 1 N–H and O–H groups in total. The Balaban J connectivity index is 1.93. The summed E-state index contributed by atoms with van der Waals surface area (Å²) in [7, 11) is 0. The van der Waals surface area contributed by atoms with Gasteiger partial charge in [-0.2, -0.15) is 0 Å². The molecule has 112 valence electrons. The third-order valence-corrected chi connectivity index (χ3v) is 4.89. The highest BCUT2D eigenvalue weighted by molar-refractivity contribution is 7.98. The molecule has 2 nitrogen and oxygen atoms in total. The molecule has 1 saturated heterocycles. The van der Waals surface area contributed by atoms with Crippen molar-refractivity contribution >= 4 is 11.8 Å². The van der Waals surface area contributed by atoms with Gasteiger partial charge in [0, 0.05) is 30.1 Å². The molecule has 2 rings (SSSR count). The van der Waals surface area contributed by atoms with Crippen LogP contribution in [0.1, 0.15) is 38.7 Å². The minimum absolute atomic E-state index is 0.596. The fourth-order valence-electron chi connectivity index (χ4n) is 2.79. The SMILES string of the molecule is CSc1ccc(CN(CC2CCCCN2)C(C)C)cc1. The highest BCUT2D eigenvalue weighted by atomic mass is 32.2. The monoisotopic (exact) mass is 292 g/mol. The number of nitrogens with one attached hydrogen (secondary N) is 1. The molecule has 1 fully saturated rings. The number of hydrogen-bond acceptors (Lipinski definition) is 3. The van der Waals surface area contributed by atoms with Crippen LogP contribution in [-0.2, 0) is 6.54 Å². The number of hydrogen-bond donors (Lipinski definition) is 1. The molecule has 1 atom stereocenters. The van der Waals surface area contributed by atoms with Crippen molar-refractivity contribution in [3.63, 3.8) is 0 Å². The molecule has 3 heteroatoms. The molecule has 1 aromatic rings. The molecule has 1 heterocycles. The van der Waals surface area contributed by atoms with Gasteiger partial charge in [0.15, 0.2) is 0 Å². The molecule has 0 aliphatic carbocycles. The van der Waals surface area contributed by atoms with Gasteiger partial charge in [0.2, 0.25) is 0 Å². The van der Waals surface area contributed by atoms with Crippen LogP contribution in [0, 0.1) is 0 Å². The summed E-state index contributed by atoms with van der Waals surface area (Å²) in [4.78, 5) is 3.94. The lowest BCUT2D eigenvalue weighted by atomic mass is 10.0.